The van der Waals surface area contributed by atoms with Gasteiger partial charge in [-0.3, -0.25) is 4.79 Å². The highest BCUT2D eigenvalue weighted by Gasteiger charge is 2.41. The van der Waals surface area contributed by atoms with Gasteiger partial charge in [-0.2, -0.15) is 0 Å². The molecule has 3 nitrogen and oxygen atoms in total. The normalized spacial score (nSPS) is 30.0. The Morgan fingerprint density at radius 1 is 1.40 bits per heavy atom. The molecule has 1 amide bonds. The largest absolute Gasteiger partial charge is 0.349 e. The number of amides is 1. The van der Waals surface area contributed by atoms with Crippen LogP contribution in [0.3, 0.4) is 0 Å². The van der Waals surface area contributed by atoms with Gasteiger partial charge in [0.2, 0.25) is 5.91 Å². The van der Waals surface area contributed by atoms with Crippen LogP contribution >= 0.6 is 11.6 Å². The summed E-state index contributed by atoms with van der Waals surface area (Å²) >= 11 is 5.95. The predicted octanol–water partition coefficient (Wildman–Crippen LogP) is 2.76. The maximum absolute atomic E-state index is 12.4. The molecule has 2 aliphatic rings. The quantitative estimate of drug-likeness (QED) is 0.896. The summed E-state index contributed by atoms with van der Waals surface area (Å²) in [6.07, 6.45) is 2.13. The molecule has 0 aromatic heterocycles. The Labute approximate surface area is 125 Å². The fourth-order valence-electron chi connectivity index (χ4n) is 3.07. The number of nitrogens with one attached hydrogen (secondary N) is 2. The van der Waals surface area contributed by atoms with E-state index in [2.05, 4.69) is 17.6 Å². The average molecular weight is 293 g/mol. The maximum atomic E-state index is 12.4. The lowest BCUT2D eigenvalue weighted by atomic mass is 9.99. The van der Waals surface area contributed by atoms with E-state index in [1.807, 2.05) is 24.3 Å². The summed E-state index contributed by atoms with van der Waals surface area (Å²) in [6, 6.07) is 8.01. The molecule has 1 aromatic rings. The van der Waals surface area contributed by atoms with Gasteiger partial charge in [0, 0.05) is 11.6 Å². The Bertz CT molecular complexity index is 482. The summed E-state index contributed by atoms with van der Waals surface area (Å²) in [7, 11) is 0. The van der Waals surface area contributed by atoms with Gasteiger partial charge in [0.15, 0.2) is 0 Å². The summed E-state index contributed by atoms with van der Waals surface area (Å²) in [6.45, 7) is 4.00. The van der Waals surface area contributed by atoms with Gasteiger partial charge in [-0.1, -0.05) is 30.7 Å². The summed E-state index contributed by atoms with van der Waals surface area (Å²) in [4.78, 5) is 12.4. The Morgan fingerprint density at radius 3 is 2.65 bits per heavy atom. The molecule has 4 unspecified atom stereocenters. The summed E-state index contributed by atoms with van der Waals surface area (Å²) < 4.78 is 0. The minimum absolute atomic E-state index is 0.124. The lowest BCUT2D eigenvalue weighted by Gasteiger charge is -2.21. The van der Waals surface area contributed by atoms with Gasteiger partial charge in [0.05, 0.1) is 12.0 Å². The van der Waals surface area contributed by atoms with E-state index >= 15 is 0 Å². The Morgan fingerprint density at radius 2 is 2.10 bits per heavy atom. The number of halogens is 1. The van der Waals surface area contributed by atoms with Gasteiger partial charge >= 0.3 is 0 Å². The molecule has 108 valence electrons. The van der Waals surface area contributed by atoms with Crippen LogP contribution in [0.2, 0.25) is 5.02 Å². The van der Waals surface area contributed by atoms with Crippen molar-refractivity contribution in [3.05, 3.63) is 34.9 Å². The van der Waals surface area contributed by atoms with E-state index in [0.717, 1.165) is 24.5 Å². The van der Waals surface area contributed by atoms with Gasteiger partial charge in [0.25, 0.3) is 0 Å². The Hall–Kier alpha value is -1.06. The van der Waals surface area contributed by atoms with E-state index < -0.39 is 0 Å². The van der Waals surface area contributed by atoms with E-state index in [-0.39, 0.29) is 17.9 Å². The zero-order chi connectivity index (χ0) is 14.1. The van der Waals surface area contributed by atoms with Crippen molar-refractivity contribution in [2.24, 2.45) is 17.8 Å². The van der Waals surface area contributed by atoms with Crippen molar-refractivity contribution in [3.63, 3.8) is 0 Å². The summed E-state index contributed by atoms with van der Waals surface area (Å²) in [5.41, 5.74) is 1.17. The van der Waals surface area contributed by atoms with Gasteiger partial charge < -0.3 is 10.6 Å². The zero-order valence-corrected chi connectivity index (χ0v) is 12.5. The third-order valence-electron chi connectivity index (χ3n) is 4.56. The fourth-order valence-corrected chi connectivity index (χ4v) is 3.20. The van der Waals surface area contributed by atoms with E-state index in [4.69, 9.17) is 11.6 Å². The first-order chi connectivity index (χ1) is 9.65. The lowest BCUT2D eigenvalue weighted by Crippen LogP contribution is -2.36. The highest BCUT2D eigenvalue weighted by Crippen LogP contribution is 2.47. The number of carbonyl (C=O) groups excluding carboxylic acids is 1. The monoisotopic (exact) mass is 292 g/mol. The number of hydrogen-bond donors (Lipinski definition) is 2. The molecule has 20 heavy (non-hydrogen) atoms. The van der Waals surface area contributed by atoms with Crippen LogP contribution in [0.1, 0.15) is 31.4 Å². The number of benzene rings is 1. The average Bonchev–Trinajstić information content (AvgIpc) is 2.94. The van der Waals surface area contributed by atoms with Gasteiger partial charge in [-0.15, -0.1) is 0 Å². The van der Waals surface area contributed by atoms with Crippen molar-refractivity contribution < 1.29 is 4.79 Å². The highest BCUT2D eigenvalue weighted by molar-refractivity contribution is 6.30. The first-order valence-electron chi connectivity index (χ1n) is 7.41. The third kappa shape index (κ3) is 2.99. The van der Waals surface area contributed by atoms with Crippen LogP contribution in [0.15, 0.2) is 24.3 Å². The van der Waals surface area contributed by atoms with E-state index in [0.29, 0.717) is 11.8 Å². The fraction of sp³-hybridized carbons (Fsp3) is 0.562. The second kappa shape index (κ2) is 5.74. The molecule has 1 saturated carbocycles. The Kier molecular flexibility index (Phi) is 3.99. The van der Waals surface area contributed by atoms with E-state index in [1.54, 1.807) is 0 Å². The van der Waals surface area contributed by atoms with E-state index in [9.17, 15) is 4.79 Å². The van der Waals surface area contributed by atoms with Crippen LogP contribution in [0, 0.1) is 17.8 Å². The van der Waals surface area contributed by atoms with E-state index in [1.165, 1.54) is 12.0 Å². The van der Waals surface area contributed by atoms with Crippen molar-refractivity contribution in [1.82, 2.24) is 10.6 Å². The molecule has 2 N–H and O–H groups in total. The maximum Gasteiger partial charge on any atom is 0.224 e. The molecular weight excluding hydrogens is 272 g/mol. The van der Waals surface area contributed by atoms with Crippen molar-refractivity contribution in [2.75, 3.05) is 13.1 Å². The topological polar surface area (TPSA) is 41.1 Å². The number of hydrogen-bond acceptors (Lipinski definition) is 2. The lowest BCUT2D eigenvalue weighted by molar-refractivity contribution is -0.125. The van der Waals surface area contributed by atoms with Gasteiger partial charge in [0.1, 0.15) is 0 Å². The molecule has 1 saturated heterocycles. The molecule has 0 bridgehead atoms. The molecule has 0 radical (unpaired) electrons. The summed E-state index contributed by atoms with van der Waals surface area (Å²) in [5.74, 6) is 1.57. The van der Waals surface area contributed by atoms with Crippen molar-refractivity contribution in [1.29, 1.82) is 0 Å². The van der Waals surface area contributed by atoms with Gasteiger partial charge in [-0.05, 0) is 48.9 Å². The smallest absolute Gasteiger partial charge is 0.224 e. The molecular formula is C16H21ClN2O. The molecule has 1 heterocycles. The van der Waals surface area contributed by atoms with Crippen molar-refractivity contribution in [2.45, 2.75) is 25.8 Å². The van der Waals surface area contributed by atoms with Crippen molar-refractivity contribution in [3.8, 4) is 0 Å². The third-order valence-corrected chi connectivity index (χ3v) is 4.81. The van der Waals surface area contributed by atoms with Gasteiger partial charge in [-0.25, -0.2) is 0 Å². The first-order valence-corrected chi connectivity index (χ1v) is 7.79. The Balaban J connectivity index is 1.73. The number of carbonyl (C=O) groups is 1. The SMILES string of the molecule is CC1CC1C(NC(=O)C1CCNC1)c1ccc(Cl)cc1. The van der Waals surface area contributed by atoms with Crippen LogP contribution < -0.4 is 10.6 Å². The molecule has 4 heteroatoms. The molecule has 4 atom stereocenters. The molecule has 0 spiro atoms. The minimum Gasteiger partial charge on any atom is -0.349 e. The standard InChI is InChI=1S/C16H21ClN2O/c1-10-8-14(10)15(11-2-4-13(17)5-3-11)19-16(20)12-6-7-18-9-12/h2-5,10,12,14-15,18H,6-9H2,1H3,(H,19,20). The molecule has 2 fully saturated rings. The number of rotatable bonds is 4. The summed E-state index contributed by atoms with van der Waals surface area (Å²) in [5, 5.41) is 7.25. The second-order valence-electron chi connectivity index (χ2n) is 6.10. The molecule has 1 aliphatic heterocycles. The van der Waals surface area contributed by atoms with Crippen LogP contribution in [-0.2, 0) is 4.79 Å². The minimum atomic E-state index is 0.124. The van der Waals surface area contributed by atoms with Crippen LogP contribution in [0.5, 0.6) is 0 Å². The molecule has 3 rings (SSSR count). The first kappa shape index (κ1) is 13.9. The predicted molar refractivity (Wildman–Crippen MR) is 80.6 cm³/mol. The van der Waals surface area contributed by atoms with Crippen LogP contribution in [0.25, 0.3) is 0 Å². The molecule has 1 aromatic carbocycles. The molecule has 1 aliphatic carbocycles. The van der Waals surface area contributed by atoms with Crippen LogP contribution in [-0.4, -0.2) is 19.0 Å². The van der Waals surface area contributed by atoms with Crippen molar-refractivity contribution >= 4 is 17.5 Å². The highest BCUT2D eigenvalue weighted by atomic mass is 35.5. The second-order valence-corrected chi connectivity index (χ2v) is 6.54. The zero-order valence-electron chi connectivity index (χ0n) is 11.7. The van der Waals surface area contributed by atoms with Crippen LogP contribution in [0.4, 0.5) is 0 Å².